The smallest absolute Gasteiger partial charge is 0.273 e. The number of likely N-dealkylation sites (N-methyl/N-ethyl adjacent to an activating group) is 1. The van der Waals surface area contributed by atoms with Crippen molar-refractivity contribution in [1.82, 2.24) is 15.2 Å². The van der Waals surface area contributed by atoms with Gasteiger partial charge >= 0.3 is 0 Å². The van der Waals surface area contributed by atoms with E-state index in [1.54, 1.807) is 6.92 Å². The van der Waals surface area contributed by atoms with Gasteiger partial charge in [-0.3, -0.25) is 4.79 Å². The van der Waals surface area contributed by atoms with E-state index < -0.39 is 0 Å². The number of rotatable bonds is 5. The van der Waals surface area contributed by atoms with Gasteiger partial charge in [0.05, 0.1) is 6.04 Å². The summed E-state index contributed by atoms with van der Waals surface area (Å²) in [5.74, 6) is 0.134. The van der Waals surface area contributed by atoms with E-state index in [1.165, 1.54) is 6.26 Å². The van der Waals surface area contributed by atoms with Crippen LogP contribution in [0.1, 0.15) is 29.3 Å². The van der Waals surface area contributed by atoms with Crippen molar-refractivity contribution in [3.05, 3.63) is 17.8 Å². The molecule has 0 saturated heterocycles. The van der Waals surface area contributed by atoms with Gasteiger partial charge in [0.25, 0.3) is 5.91 Å². The number of nitrogens with one attached hydrogen (secondary N) is 1. The second kappa shape index (κ2) is 5.62. The van der Waals surface area contributed by atoms with Gasteiger partial charge < -0.3 is 20.4 Å². The Hall–Kier alpha value is -1.40. The minimum absolute atomic E-state index is 0.238. The SMILES string of the molecule is CC(N)c1nc(C(=O)NCCN(C)C)co1. The Bertz CT molecular complexity index is 346. The standard InChI is InChI=1S/C10H18N4O2/c1-7(11)10-13-8(6-16-10)9(15)12-4-5-14(2)3/h6-7H,4-5,11H2,1-3H3,(H,12,15). The van der Waals surface area contributed by atoms with Gasteiger partial charge in [-0.1, -0.05) is 0 Å². The van der Waals surface area contributed by atoms with Crippen molar-refractivity contribution in [3.8, 4) is 0 Å². The van der Waals surface area contributed by atoms with Crippen LogP contribution >= 0.6 is 0 Å². The van der Waals surface area contributed by atoms with Gasteiger partial charge in [0.2, 0.25) is 5.89 Å². The van der Waals surface area contributed by atoms with E-state index in [-0.39, 0.29) is 17.6 Å². The van der Waals surface area contributed by atoms with Crippen molar-refractivity contribution in [2.45, 2.75) is 13.0 Å². The average molecular weight is 226 g/mol. The second-order valence-electron chi connectivity index (χ2n) is 3.92. The van der Waals surface area contributed by atoms with Crippen LogP contribution in [-0.4, -0.2) is 43.0 Å². The molecule has 1 heterocycles. The number of oxazole rings is 1. The third-order valence-electron chi connectivity index (χ3n) is 1.99. The first kappa shape index (κ1) is 12.7. The molecule has 0 radical (unpaired) electrons. The highest BCUT2D eigenvalue weighted by Gasteiger charge is 2.13. The fourth-order valence-corrected chi connectivity index (χ4v) is 1.08. The zero-order valence-corrected chi connectivity index (χ0v) is 9.86. The molecular weight excluding hydrogens is 208 g/mol. The fraction of sp³-hybridized carbons (Fsp3) is 0.600. The molecule has 3 N–H and O–H groups in total. The van der Waals surface area contributed by atoms with Crippen LogP contribution in [0.5, 0.6) is 0 Å². The summed E-state index contributed by atoms with van der Waals surface area (Å²) in [6.07, 6.45) is 1.32. The molecule has 0 fully saturated rings. The van der Waals surface area contributed by atoms with Gasteiger partial charge in [0, 0.05) is 13.1 Å². The molecule has 90 valence electrons. The van der Waals surface area contributed by atoms with Crippen molar-refractivity contribution >= 4 is 5.91 Å². The quantitative estimate of drug-likeness (QED) is 0.737. The molecule has 0 aliphatic carbocycles. The predicted molar refractivity (Wildman–Crippen MR) is 60.0 cm³/mol. The molecule has 1 unspecified atom stereocenters. The summed E-state index contributed by atoms with van der Waals surface area (Å²) in [5, 5.41) is 2.74. The van der Waals surface area contributed by atoms with Crippen LogP contribution in [-0.2, 0) is 0 Å². The van der Waals surface area contributed by atoms with Crippen molar-refractivity contribution in [2.75, 3.05) is 27.2 Å². The topological polar surface area (TPSA) is 84.4 Å². The van der Waals surface area contributed by atoms with E-state index in [1.807, 2.05) is 19.0 Å². The Balaban J connectivity index is 2.46. The van der Waals surface area contributed by atoms with Crippen LogP contribution in [0.3, 0.4) is 0 Å². The van der Waals surface area contributed by atoms with E-state index >= 15 is 0 Å². The number of hydrogen-bond donors (Lipinski definition) is 2. The molecule has 1 aromatic heterocycles. The summed E-state index contributed by atoms with van der Waals surface area (Å²) in [6, 6.07) is -0.302. The molecular formula is C10H18N4O2. The molecule has 0 bridgehead atoms. The number of hydrogen-bond acceptors (Lipinski definition) is 5. The highest BCUT2D eigenvalue weighted by molar-refractivity contribution is 5.91. The fourth-order valence-electron chi connectivity index (χ4n) is 1.08. The molecule has 6 nitrogen and oxygen atoms in total. The van der Waals surface area contributed by atoms with Crippen molar-refractivity contribution in [2.24, 2.45) is 5.73 Å². The van der Waals surface area contributed by atoms with Gasteiger partial charge in [-0.25, -0.2) is 4.98 Å². The maximum absolute atomic E-state index is 11.6. The number of aromatic nitrogens is 1. The van der Waals surface area contributed by atoms with Gasteiger partial charge in [0.15, 0.2) is 5.69 Å². The second-order valence-corrected chi connectivity index (χ2v) is 3.92. The Labute approximate surface area is 94.8 Å². The minimum atomic E-state index is -0.302. The number of nitrogens with zero attached hydrogens (tertiary/aromatic N) is 2. The van der Waals surface area contributed by atoms with Crippen molar-refractivity contribution < 1.29 is 9.21 Å². The summed E-state index contributed by atoms with van der Waals surface area (Å²) < 4.78 is 5.07. The van der Waals surface area contributed by atoms with E-state index in [0.717, 1.165) is 6.54 Å². The highest BCUT2D eigenvalue weighted by atomic mass is 16.3. The van der Waals surface area contributed by atoms with Crippen LogP contribution in [0.25, 0.3) is 0 Å². The molecule has 1 rings (SSSR count). The van der Waals surface area contributed by atoms with Crippen molar-refractivity contribution in [3.63, 3.8) is 0 Å². The van der Waals surface area contributed by atoms with E-state index in [9.17, 15) is 4.79 Å². The first-order valence-corrected chi connectivity index (χ1v) is 5.14. The third-order valence-corrected chi connectivity index (χ3v) is 1.99. The Kier molecular flexibility index (Phi) is 4.45. The lowest BCUT2D eigenvalue weighted by Gasteiger charge is -2.09. The number of carbonyl (C=O) groups is 1. The van der Waals surface area contributed by atoms with Crippen LogP contribution in [0.4, 0.5) is 0 Å². The summed E-state index contributed by atoms with van der Waals surface area (Å²) >= 11 is 0. The van der Waals surface area contributed by atoms with E-state index in [0.29, 0.717) is 12.4 Å². The average Bonchev–Trinajstić information content (AvgIpc) is 2.65. The summed E-state index contributed by atoms with van der Waals surface area (Å²) in [4.78, 5) is 17.5. The summed E-state index contributed by atoms with van der Waals surface area (Å²) in [5.41, 5.74) is 5.84. The summed E-state index contributed by atoms with van der Waals surface area (Å²) in [7, 11) is 3.88. The third kappa shape index (κ3) is 3.63. The van der Waals surface area contributed by atoms with Gasteiger partial charge in [0.1, 0.15) is 6.26 Å². The Morgan fingerprint density at radius 1 is 1.69 bits per heavy atom. The highest BCUT2D eigenvalue weighted by Crippen LogP contribution is 2.08. The summed E-state index contributed by atoms with van der Waals surface area (Å²) in [6.45, 7) is 3.11. The Morgan fingerprint density at radius 3 is 2.88 bits per heavy atom. The number of carbonyl (C=O) groups excluding carboxylic acids is 1. The van der Waals surface area contributed by atoms with Crippen LogP contribution in [0.15, 0.2) is 10.7 Å². The molecule has 0 saturated carbocycles. The van der Waals surface area contributed by atoms with Crippen LogP contribution in [0, 0.1) is 0 Å². The Morgan fingerprint density at radius 2 is 2.38 bits per heavy atom. The zero-order valence-electron chi connectivity index (χ0n) is 9.86. The molecule has 6 heteroatoms. The van der Waals surface area contributed by atoms with Gasteiger partial charge in [-0.05, 0) is 21.0 Å². The molecule has 1 aromatic rings. The van der Waals surface area contributed by atoms with Gasteiger partial charge in [-0.15, -0.1) is 0 Å². The van der Waals surface area contributed by atoms with Gasteiger partial charge in [-0.2, -0.15) is 0 Å². The molecule has 0 aliphatic heterocycles. The number of nitrogens with two attached hydrogens (primary N) is 1. The molecule has 0 aliphatic rings. The van der Waals surface area contributed by atoms with E-state index in [2.05, 4.69) is 10.3 Å². The number of amides is 1. The lowest BCUT2D eigenvalue weighted by Crippen LogP contribution is -2.31. The zero-order chi connectivity index (χ0) is 12.1. The monoisotopic (exact) mass is 226 g/mol. The van der Waals surface area contributed by atoms with Crippen LogP contribution in [0.2, 0.25) is 0 Å². The molecule has 1 amide bonds. The molecule has 0 spiro atoms. The predicted octanol–water partition coefficient (Wildman–Crippen LogP) is -0.0143. The van der Waals surface area contributed by atoms with Crippen molar-refractivity contribution in [1.29, 1.82) is 0 Å². The molecule has 16 heavy (non-hydrogen) atoms. The first-order chi connectivity index (χ1) is 7.50. The molecule has 1 atom stereocenters. The lowest BCUT2D eigenvalue weighted by molar-refractivity contribution is 0.0946. The van der Waals surface area contributed by atoms with E-state index in [4.69, 9.17) is 10.2 Å². The largest absolute Gasteiger partial charge is 0.446 e. The maximum Gasteiger partial charge on any atom is 0.273 e. The minimum Gasteiger partial charge on any atom is -0.446 e. The van der Waals surface area contributed by atoms with Crippen LogP contribution < -0.4 is 11.1 Å². The normalized spacial score (nSPS) is 12.8. The lowest BCUT2D eigenvalue weighted by atomic mass is 10.4. The first-order valence-electron chi connectivity index (χ1n) is 5.14. The maximum atomic E-state index is 11.6. The molecule has 0 aromatic carbocycles.